The lowest BCUT2D eigenvalue weighted by Gasteiger charge is -2.36. The zero-order chi connectivity index (χ0) is 21.1. The van der Waals surface area contributed by atoms with Crippen molar-refractivity contribution >= 4 is 5.95 Å². The highest BCUT2D eigenvalue weighted by molar-refractivity contribution is 5.69. The number of likely N-dealkylation sites (tertiary alicyclic amines) is 1. The van der Waals surface area contributed by atoms with E-state index in [-0.39, 0.29) is 11.9 Å². The number of piperidine rings is 1. The molecule has 1 aromatic carbocycles. The monoisotopic (exact) mass is 405 g/mol. The van der Waals surface area contributed by atoms with Gasteiger partial charge in [-0.05, 0) is 61.2 Å². The SMILES string of the molecule is Cc1cnccc1-c1cnc(N(C)C)nc1C1CCCCN1Cc1ccc(F)cc1. The summed E-state index contributed by atoms with van der Waals surface area (Å²) in [4.78, 5) is 18.3. The van der Waals surface area contributed by atoms with E-state index >= 15 is 0 Å². The lowest BCUT2D eigenvalue weighted by molar-refractivity contribution is 0.137. The summed E-state index contributed by atoms with van der Waals surface area (Å²) >= 11 is 0. The van der Waals surface area contributed by atoms with E-state index in [1.165, 1.54) is 18.6 Å². The van der Waals surface area contributed by atoms with Gasteiger partial charge in [0.2, 0.25) is 5.95 Å². The van der Waals surface area contributed by atoms with E-state index in [0.717, 1.165) is 53.9 Å². The largest absolute Gasteiger partial charge is 0.347 e. The van der Waals surface area contributed by atoms with Crippen LogP contribution in [0.15, 0.2) is 48.9 Å². The first-order valence-corrected chi connectivity index (χ1v) is 10.5. The maximum atomic E-state index is 13.4. The zero-order valence-corrected chi connectivity index (χ0v) is 17.8. The molecule has 3 aromatic rings. The van der Waals surface area contributed by atoms with E-state index in [1.54, 1.807) is 0 Å². The summed E-state index contributed by atoms with van der Waals surface area (Å²) in [5.74, 6) is 0.517. The molecule has 0 saturated carbocycles. The van der Waals surface area contributed by atoms with Crippen LogP contribution in [0.25, 0.3) is 11.1 Å². The summed E-state index contributed by atoms with van der Waals surface area (Å²) in [5, 5.41) is 0. The Morgan fingerprint density at radius 2 is 1.87 bits per heavy atom. The van der Waals surface area contributed by atoms with Gasteiger partial charge in [-0.1, -0.05) is 18.6 Å². The maximum absolute atomic E-state index is 13.4. The van der Waals surface area contributed by atoms with Crippen LogP contribution < -0.4 is 4.90 Å². The van der Waals surface area contributed by atoms with Crippen molar-refractivity contribution in [3.8, 4) is 11.1 Å². The standard InChI is InChI=1S/C24H28FN5/c1-17-14-26-12-11-20(17)21-15-27-24(29(2)3)28-23(21)22-6-4-5-13-30(22)16-18-7-9-19(25)10-8-18/h7-12,14-15,22H,4-6,13,16H2,1-3H3. The molecule has 1 atom stereocenters. The molecular formula is C24H28FN5. The number of hydrogen-bond donors (Lipinski definition) is 0. The van der Waals surface area contributed by atoms with Gasteiger partial charge in [0.1, 0.15) is 5.82 Å². The fraction of sp³-hybridized carbons (Fsp3) is 0.375. The first kappa shape index (κ1) is 20.4. The van der Waals surface area contributed by atoms with Crippen LogP contribution in [-0.2, 0) is 6.54 Å². The van der Waals surface area contributed by atoms with Crippen LogP contribution in [0.3, 0.4) is 0 Å². The van der Waals surface area contributed by atoms with Gasteiger partial charge in [0, 0.05) is 44.8 Å². The smallest absolute Gasteiger partial charge is 0.225 e. The van der Waals surface area contributed by atoms with Gasteiger partial charge in [-0.3, -0.25) is 9.88 Å². The summed E-state index contributed by atoms with van der Waals surface area (Å²) in [7, 11) is 3.93. The second-order valence-corrected chi connectivity index (χ2v) is 8.16. The van der Waals surface area contributed by atoms with Crippen LogP contribution in [0.1, 0.15) is 42.1 Å². The van der Waals surface area contributed by atoms with E-state index in [1.807, 2.05) is 55.8 Å². The molecule has 1 saturated heterocycles. The molecule has 30 heavy (non-hydrogen) atoms. The molecule has 6 heteroatoms. The number of pyridine rings is 1. The lowest BCUT2D eigenvalue weighted by atomic mass is 9.92. The van der Waals surface area contributed by atoms with Crippen molar-refractivity contribution in [2.75, 3.05) is 25.5 Å². The molecule has 1 aliphatic heterocycles. The van der Waals surface area contributed by atoms with Gasteiger partial charge < -0.3 is 4.90 Å². The maximum Gasteiger partial charge on any atom is 0.225 e. The van der Waals surface area contributed by atoms with Crippen molar-refractivity contribution in [1.82, 2.24) is 19.9 Å². The predicted octanol–water partition coefficient (Wildman–Crippen LogP) is 4.78. The molecule has 2 aromatic heterocycles. The molecule has 0 aliphatic carbocycles. The molecule has 0 amide bonds. The van der Waals surface area contributed by atoms with Gasteiger partial charge >= 0.3 is 0 Å². The number of halogens is 1. The molecule has 4 rings (SSSR count). The number of aromatic nitrogens is 3. The fourth-order valence-corrected chi connectivity index (χ4v) is 4.15. The number of anilines is 1. The molecule has 1 aliphatic rings. The molecule has 0 bridgehead atoms. The van der Waals surface area contributed by atoms with E-state index in [0.29, 0.717) is 5.95 Å². The van der Waals surface area contributed by atoms with Crippen LogP contribution >= 0.6 is 0 Å². The minimum atomic E-state index is -0.198. The van der Waals surface area contributed by atoms with E-state index in [9.17, 15) is 4.39 Å². The van der Waals surface area contributed by atoms with Crippen LogP contribution in [0.2, 0.25) is 0 Å². The van der Waals surface area contributed by atoms with Crippen LogP contribution in [0, 0.1) is 12.7 Å². The van der Waals surface area contributed by atoms with Gasteiger partial charge in [-0.2, -0.15) is 0 Å². The summed E-state index contributed by atoms with van der Waals surface area (Å²) in [6.45, 7) is 3.85. The molecule has 5 nitrogen and oxygen atoms in total. The molecule has 0 N–H and O–H groups in total. The lowest BCUT2D eigenvalue weighted by Crippen LogP contribution is -2.34. The molecular weight excluding hydrogens is 377 g/mol. The Kier molecular flexibility index (Phi) is 6.04. The Hall–Kier alpha value is -2.86. The summed E-state index contributed by atoms with van der Waals surface area (Å²) < 4.78 is 13.4. The highest BCUT2D eigenvalue weighted by Crippen LogP contribution is 2.37. The first-order valence-electron chi connectivity index (χ1n) is 10.5. The summed E-state index contributed by atoms with van der Waals surface area (Å²) in [5.41, 5.74) is 5.48. The van der Waals surface area contributed by atoms with E-state index < -0.39 is 0 Å². The minimum Gasteiger partial charge on any atom is -0.347 e. The number of rotatable bonds is 5. The van der Waals surface area contributed by atoms with Crippen molar-refractivity contribution in [2.24, 2.45) is 0 Å². The normalized spacial score (nSPS) is 17.1. The van der Waals surface area contributed by atoms with Crippen molar-refractivity contribution in [3.05, 3.63) is 71.6 Å². The van der Waals surface area contributed by atoms with Gasteiger partial charge in [0.25, 0.3) is 0 Å². The van der Waals surface area contributed by atoms with Crippen molar-refractivity contribution in [1.29, 1.82) is 0 Å². The van der Waals surface area contributed by atoms with E-state index in [4.69, 9.17) is 4.98 Å². The van der Waals surface area contributed by atoms with Gasteiger partial charge in [0.15, 0.2) is 0 Å². The molecule has 156 valence electrons. The number of nitrogens with zero attached hydrogens (tertiary/aromatic N) is 5. The fourth-order valence-electron chi connectivity index (χ4n) is 4.15. The number of benzene rings is 1. The second-order valence-electron chi connectivity index (χ2n) is 8.16. The quantitative estimate of drug-likeness (QED) is 0.611. The van der Waals surface area contributed by atoms with Gasteiger partial charge in [0.05, 0.1) is 11.7 Å². The van der Waals surface area contributed by atoms with Crippen LogP contribution in [0.4, 0.5) is 10.3 Å². The van der Waals surface area contributed by atoms with E-state index in [2.05, 4.69) is 21.8 Å². The molecule has 1 fully saturated rings. The Morgan fingerprint density at radius 1 is 1.07 bits per heavy atom. The Labute approximate surface area is 177 Å². The third kappa shape index (κ3) is 4.33. The third-order valence-corrected chi connectivity index (χ3v) is 5.74. The summed E-state index contributed by atoms with van der Waals surface area (Å²) in [6.07, 6.45) is 9.03. The molecule has 3 heterocycles. The first-order chi connectivity index (χ1) is 14.5. The third-order valence-electron chi connectivity index (χ3n) is 5.74. The Bertz CT molecular complexity index is 1000. The van der Waals surface area contributed by atoms with Crippen molar-refractivity contribution in [3.63, 3.8) is 0 Å². The molecule has 0 radical (unpaired) electrons. The average molecular weight is 406 g/mol. The number of aryl methyl sites for hydroxylation is 1. The summed E-state index contributed by atoms with van der Waals surface area (Å²) in [6, 6.07) is 9.05. The van der Waals surface area contributed by atoms with Crippen molar-refractivity contribution < 1.29 is 4.39 Å². The van der Waals surface area contributed by atoms with Crippen LogP contribution in [0.5, 0.6) is 0 Å². The van der Waals surface area contributed by atoms with Crippen molar-refractivity contribution in [2.45, 2.75) is 38.8 Å². The topological polar surface area (TPSA) is 45.2 Å². The van der Waals surface area contributed by atoms with Crippen LogP contribution in [-0.4, -0.2) is 40.5 Å². The minimum absolute atomic E-state index is 0.188. The second kappa shape index (κ2) is 8.88. The highest BCUT2D eigenvalue weighted by atomic mass is 19.1. The molecule has 0 spiro atoms. The predicted molar refractivity (Wildman–Crippen MR) is 118 cm³/mol. The highest BCUT2D eigenvalue weighted by Gasteiger charge is 2.29. The Balaban J connectivity index is 1.76. The van der Waals surface area contributed by atoms with Gasteiger partial charge in [-0.15, -0.1) is 0 Å². The van der Waals surface area contributed by atoms with Gasteiger partial charge in [-0.25, -0.2) is 14.4 Å². The molecule has 1 unspecified atom stereocenters. The zero-order valence-electron chi connectivity index (χ0n) is 17.8. The Morgan fingerprint density at radius 3 is 2.60 bits per heavy atom. The average Bonchev–Trinajstić information content (AvgIpc) is 2.76. The number of hydrogen-bond acceptors (Lipinski definition) is 5.